The van der Waals surface area contributed by atoms with E-state index in [4.69, 9.17) is 4.74 Å². The minimum Gasteiger partial charge on any atom is -0.372 e. The van der Waals surface area contributed by atoms with Crippen LogP contribution in [0.2, 0.25) is 0 Å². The number of nitrogens with zero attached hydrogens (tertiary/aromatic N) is 2. The van der Waals surface area contributed by atoms with Gasteiger partial charge in [-0.25, -0.2) is 4.98 Å². The second-order valence-corrected chi connectivity index (χ2v) is 4.81. The van der Waals surface area contributed by atoms with Crippen molar-refractivity contribution < 1.29 is 4.74 Å². The van der Waals surface area contributed by atoms with E-state index in [0.29, 0.717) is 0 Å². The molecule has 0 spiro atoms. The van der Waals surface area contributed by atoms with Gasteiger partial charge in [0, 0.05) is 32.0 Å². The van der Waals surface area contributed by atoms with E-state index >= 15 is 0 Å². The lowest BCUT2D eigenvalue weighted by molar-refractivity contribution is 0.0425. The molecule has 0 saturated heterocycles. The lowest BCUT2D eigenvalue weighted by atomic mass is 9.97. The Morgan fingerprint density at radius 1 is 1.37 bits per heavy atom. The highest BCUT2D eigenvalue weighted by Crippen LogP contribution is 2.25. The lowest BCUT2D eigenvalue weighted by Gasteiger charge is -2.26. The summed E-state index contributed by atoms with van der Waals surface area (Å²) in [5.74, 6) is 0. The molecule has 0 amide bonds. The molecule has 2 aromatic rings. The third-order valence-corrected chi connectivity index (χ3v) is 3.53. The third kappa shape index (κ3) is 3.03. The van der Waals surface area contributed by atoms with E-state index in [1.807, 2.05) is 12.5 Å². The molecule has 1 unspecified atom stereocenters. The Kier molecular flexibility index (Phi) is 3.91. The molecule has 4 heteroatoms. The number of nitrogens with one attached hydrogen (secondary N) is 1. The maximum Gasteiger partial charge on any atom is 0.0952 e. The molecule has 3 rings (SSSR count). The number of hydrogen-bond donors (Lipinski definition) is 1. The minimum atomic E-state index is 0.188. The number of hydrogen-bond acceptors (Lipinski definition) is 3. The average Bonchev–Trinajstić information content (AvgIpc) is 2.97. The Morgan fingerprint density at radius 2 is 2.32 bits per heavy atom. The van der Waals surface area contributed by atoms with Crippen LogP contribution in [0.5, 0.6) is 0 Å². The largest absolute Gasteiger partial charge is 0.372 e. The first-order valence-corrected chi connectivity index (χ1v) is 6.79. The Morgan fingerprint density at radius 3 is 3.21 bits per heavy atom. The normalized spacial score (nSPS) is 18.2. The van der Waals surface area contributed by atoms with Crippen LogP contribution in [0.4, 0.5) is 0 Å². The first kappa shape index (κ1) is 12.4. The second kappa shape index (κ2) is 5.99. The molecule has 0 saturated carbocycles. The highest BCUT2D eigenvalue weighted by atomic mass is 16.5. The van der Waals surface area contributed by atoms with Gasteiger partial charge in [-0.15, -0.1) is 0 Å². The van der Waals surface area contributed by atoms with E-state index in [9.17, 15) is 0 Å². The summed E-state index contributed by atoms with van der Waals surface area (Å²) in [7, 11) is 0. The van der Waals surface area contributed by atoms with Crippen LogP contribution in [0.1, 0.15) is 17.2 Å². The molecule has 4 nitrogen and oxygen atoms in total. The minimum absolute atomic E-state index is 0.188. The fourth-order valence-electron chi connectivity index (χ4n) is 2.51. The van der Waals surface area contributed by atoms with Gasteiger partial charge in [-0.3, -0.25) is 0 Å². The standard InChI is InChI=1S/C15H19N3O/c1-2-4-14-13(3-1)5-10-19-15(14)11-16-6-8-18-9-7-17-12-18/h1-4,7,9,12,15-16H,5-6,8,10-11H2. The summed E-state index contributed by atoms with van der Waals surface area (Å²) in [5.41, 5.74) is 2.76. The van der Waals surface area contributed by atoms with E-state index in [1.54, 1.807) is 6.20 Å². The van der Waals surface area contributed by atoms with E-state index in [-0.39, 0.29) is 6.10 Å². The van der Waals surface area contributed by atoms with Gasteiger partial charge >= 0.3 is 0 Å². The molecule has 1 N–H and O–H groups in total. The number of imidazole rings is 1. The Balaban J connectivity index is 1.51. The molecule has 2 heterocycles. The fourth-order valence-corrected chi connectivity index (χ4v) is 2.51. The number of fused-ring (bicyclic) bond motifs is 1. The predicted octanol–water partition coefficient (Wildman–Crippen LogP) is 1.79. The summed E-state index contributed by atoms with van der Waals surface area (Å²) in [6.07, 6.45) is 6.84. The summed E-state index contributed by atoms with van der Waals surface area (Å²) in [6.45, 7) is 3.56. The van der Waals surface area contributed by atoms with E-state index in [1.165, 1.54) is 11.1 Å². The van der Waals surface area contributed by atoms with Gasteiger partial charge in [-0.2, -0.15) is 0 Å². The SMILES string of the molecule is c1ccc2c(c1)CCOC2CNCCn1ccnc1. The van der Waals surface area contributed by atoms with Gasteiger partial charge in [0.25, 0.3) is 0 Å². The third-order valence-electron chi connectivity index (χ3n) is 3.53. The van der Waals surface area contributed by atoms with Crippen LogP contribution in [0.3, 0.4) is 0 Å². The summed E-state index contributed by atoms with van der Waals surface area (Å²) in [5, 5.41) is 3.46. The molecule has 0 bridgehead atoms. The van der Waals surface area contributed by atoms with Gasteiger partial charge in [0.05, 0.1) is 19.0 Å². The molecule has 1 aliphatic rings. The molecular weight excluding hydrogens is 238 g/mol. The monoisotopic (exact) mass is 257 g/mol. The number of aromatic nitrogens is 2. The Hall–Kier alpha value is -1.65. The van der Waals surface area contributed by atoms with Crippen LogP contribution < -0.4 is 5.32 Å². The maximum atomic E-state index is 5.86. The molecule has 0 radical (unpaired) electrons. The van der Waals surface area contributed by atoms with Crippen molar-refractivity contribution in [3.8, 4) is 0 Å². The van der Waals surface area contributed by atoms with Gasteiger partial charge in [0.1, 0.15) is 0 Å². The molecule has 1 atom stereocenters. The van der Waals surface area contributed by atoms with Crippen molar-refractivity contribution in [3.05, 3.63) is 54.1 Å². The zero-order valence-electron chi connectivity index (χ0n) is 11.0. The van der Waals surface area contributed by atoms with Crippen LogP contribution in [0, 0.1) is 0 Å². The maximum absolute atomic E-state index is 5.86. The van der Waals surface area contributed by atoms with Crippen molar-refractivity contribution in [2.24, 2.45) is 0 Å². The zero-order chi connectivity index (χ0) is 12.9. The summed E-state index contributed by atoms with van der Waals surface area (Å²) in [6, 6.07) is 8.58. The summed E-state index contributed by atoms with van der Waals surface area (Å²) < 4.78 is 7.93. The summed E-state index contributed by atoms with van der Waals surface area (Å²) >= 11 is 0. The molecule has 1 aromatic heterocycles. The molecule has 0 fully saturated rings. The lowest BCUT2D eigenvalue weighted by Crippen LogP contribution is -2.29. The van der Waals surface area contributed by atoms with E-state index in [2.05, 4.69) is 39.1 Å². The van der Waals surface area contributed by atoms with Crippen LogP contribution in [-0.2, 0) is 17.7 Å². The average molecular weight is 257 g/mol. The smallest absolute Gasteiger partial charge is 0.0952 e. The van der Waals surface area contributed by atoms with Crippen LogP contribution >= 0.6 is 0 Å². The fraction of sp³-hybridized carbons (Fsp3) is 0.400. The van der Waals surface area contributed by atoms with Crippen molar-refractivity contribution in [3.63, 3.8) is 0 Å². The Bertz CT molecular complexity index is 510. The van der Waals surface area contributed by atoms with Gasteiger partial charge in [0.15, 0.2) is 0 Å². The highest BCUT2D eigenvalue weighted by Gasteiger charge is 2.19. The number of rotatable bonds is 5. The topological polar surface area (TPSA) is 39.1 Å². The molecule has 0 aliphatic carbocycles. The van der Waals surface area contributed by atoms with Crippen molar-refractivity contribution in [2.45, 2.75) is 19.1 Å². The molecule has 1 aliphatic heterocycles. The van der Waals surface area contributed by atoms with Gasteiger partial charge in [-0.05, 0) is 17.5 Å². The van der Waals surface area contributed by atoms with Gasteiger partial charge in [-0.1, -0.05) is 24.3 Å². The van der Waals surface area contributed by atoms with E-state index in [0.717, 1.165) is 32.7 Å². The highest BCUT2D eigenvalue weighted by molar-refractivity contribution is 5.31. The zero-order valence-corrected chi connectivity index (χ0v) is 11.0. The molecule has 1 aromatic carbocycles. The second-order valence-electron chi connectivity index (χ2n) is 4.81. The Labute approximate surface area is 113 Å². The quantitative estimate of drug-likeness (QED) is 0.830. The van der Waals surface area contributed by atoms with Crippen molar-refractivity contribution in [1.29, 1.82) is 0 Å². The van der Waals surface area contributed by atoms with Crippen molar-refractivity contribution in [2.75, 3.05) is 19.7 Å². The van der Waals surface area contributed by atoms with Crippen LogP contribution in [0.15, 0.2) is 43.0 Å². The van der Waals surface area contributed by atoms with Crippen LogP contribution in [0.25, 0.3) is 0 Å². The van der Waals surface area contributed by atoms with Crippen molar-refractivity contribution >= 4 is 0 Å². The first-order valence-electron chi connectivity index (χ1n) is 6.79. The van der Waals surface area contributed by atoms with Gasteiger partial charge in [0.2, 0.25) is 0 Å². The number of ether oxygens (including phenoxy) is 1. The molecule has 100 valence electrons. The first-order chi connectivity index (χ1) is 9.43. The van der Waals surface area contributed by atoms with Crippen molar-refractivity contribution in [1.82, 2.24) is 14.9 Å². The van der Waals surface area contributed by atoms with Crippen LogP contribution in [-0.4, -0.2) is 29.2 Å². The summed E-state index contributed by atoms with van der Waals surface area (Å²) in [4.78, 5) is 4.03. The number of benzene rings is 1. The van der Waals surface area contributed by atoms with Gasteiger partial charge < -0.3 is 14.6 Å². The molecule has 19 heavy (non-hydrogen) atoms. The predicted molar refractivity (Wildman–Crippen MR) is 73.9 cm³/mol. The molecular formula is C15H19N3O. The van der Waals surface area contributed by atoms with E-state index < -0.39 is 0 Å².